The van der Waals surface area contributed by atoms with Gasteiger partial charge in [-0.1, -0.05) is 20.8 Å². The maximum Gasteiger partial charge on any atom is 0.326 e. The lowest BCUT2D eigenvalue weighted by Gasteiger charge is -2.47. The summed E-state index contributed by atoms with van der Waals surface area (Å²) in [4.78, 5) is 12.4. The van der Waals surface area contributed by atoms with E-state index in [-0.39, 0.29) is 12.0 Å². The SMILES string of the molecule is CCOC(=O)C1(NC(C)C)CCC(C)(C)CC1C. The van der Waals surface area contributed by atoms with E-state index in [9.17, 15) is 4.79 Å². The number of nitrogens with one attached hydrogen (secondary N) is 1. The first kappa shape index (κ1) is 15.5. The Labute approximate surface area is 112 Å². The third kappa shape index (κ3) is 3.25. The molecule has 0 radical (unpaired) electrons. The molecule has 1 aliphatic rings. The van der Waals surface area contributed by atoms with Crippen molar-refractivity contribution in [3.05, 3.63) is 0 Å². The first-order valence-corrected chi connectivity index (χ1v) is 7.18. The van der Waals surface area contributed by atoms with Crippen molar-refractivity contribution in [3.8, 4) is 0 Å². The van der Waals surface area contributed by atoms with E-state index in [4.69, 9.17) is 4.74 Å². The van der Waals surface area contributed by atoms with Crippen LogP contribution in [0.15, 0.2) is 0 Å². The van der Waals surface area contributed by atoms with Crippen LogP contribution < -0.4 is 5.32 Å². The molecule has 3 heteroatoms. The Kier molecular flexibility index (Phi) is 4.82. The highest BCUT2D eigenvalue weighted by atomic mass is 16.5. The Morgan fingerprint density at radius 1 is 1.39 bits per heavy atom. The Morgan fingerprint density at radius 2 is 2.00 bits per heavy atom. The Morgan fingerprint density at radius 3 is 2.44 bits per heavy atom. The van der Waals surface area contributed by atoms with Crippen LogP contribution in [0.4, 0.5) is 0 Å². The lowest BCUT2D eigenvalue weighted by molar-refractivity contribution is -0.157. The molecule has 18 heavy (non-hydrogen) atoms. The van der Waals surface area contributed by atoms with Crippen LogP contribution in [0.25, 0.3) is 0 Å². The second kappa shape index (κ2) is 5.60. The van der Waals surface area contributed by atoms with Gasteiger partial charge in [-0.15, -0.1) is 0 Å². The first-order valence-electron chi connectivity index (χ1n) is 7.18. The van der Waals surface area contributed by atoms with Gasteiger partial charge in [0.15, 0.2) is 0 Å². The van der Waals surface area contributed by atoms with E-state index in [0.29, 0.717) is 17.9 Å². The van der Waals surface area contributed by atoms with Crippen LogP contribution in [0.5, 0.6) is 0 Å². The molecule has 0 aromatic heterocycles. The highest BCUT2D eigenvalue weighted by molar-refractivity contribution is 5.81. The van der Waals surface area contributed by atoms with Crippen LogP contribution in [0, 0.1) is 11.3 Å². The highest BCUT2D eigenvalue weighted by Gasteiger charge is 2.50. The number of rotatable bonds is 4. The quantitative estimate of drug-likeness (QED) is 0.784. The molecule has 1 aliphatic carbocycles. The van der Waals surface area contributed by atoms with Crippen LogP contribution in [-0.4, -0.2) is 24.2 Å². The fourth-order valence-corrected chi connectivity index (χ4v) is 3.24. The van der Waals surface area contributed by atoms with Crippen LogP contribution in [0.1, 0.15) is 60.8 Å². The zero-order chi connectivity index (χ0) is 14.0. The minimum Gasteiger partial charge on any atom is -0.465 e. The van der Waals surface area contributed by atoms with Gasteiger partial charge >= 0.3 is 5.97 Å². The molecule has 1 fully saturated rings. The van der Waals surface area contributed by atoms with E-state index in [2.05, 4.69) is 39.9 Å². The number of esters is 1. The third-order valence-corrected chi connectivity index (χ3v) is 4.08. The van der Waals surface area contributed by atoms with E-state index in [1.54, 1.807) is 0 Å². The van der Waals surface area contributed by atoms with Gasteiger partial charge in [0, 0.05) is 6.04 Å². The fraction of sp³-hybridized carbons (Fsp3) is 0.933. The molecular formula is C15H29NO2. The number of carbonyl (C=O) groups is 1. The molecular weight excluding hydrogens is 226 g/mol. The van der Waals surface area contributed by atoms with Crippen LogP contribution >= 0.6 is 0 Å². The zero-order valence-corrected chi connectivity index (χ0v) is 12.8. The Hall–Kier alpha value is -0.570. The monoisotopic (exact) mass is 255 g/mol. The van der Waals surface area contributed by atoms with Gasteiger partial charge in [0.25, 0.3) is 0 Å². The predicted octanol–water partition coefficient (Wildman–Crippen LogP) is 3.13. The van der Waals surface area contributed by atoms with Crippen LogP contribution in [0.2, 0.25) is 0 Å². The second-order valence-electron chi connectivity index (χ2n) is 6.76. The molecule has 2 atom stereocenters. The average molecular weight is 255 g/mol. The average Bonchev–Trinajstić information content (AvgIpc) is 2.21. The van der Waals surface area contributed by atoms with E-state index >= 15 is 0 Å². The Bertz CT molecular complexity index is 299. The van der Waals surface area contributed by atoms with E-state index < -0.39 is 5.54 Å². The number of hydrogen-bond donors (Lipinski definition) is 1. The van der Waals surface area contributed by atoms with Crippen molar-refractivity contribution in [2.24, 2.45) is 11.3 Å². The van der Waals surface area contributed by atoms with Gasteiger partial charge in [-0.3, -0.25) is 10.1 Å². The zero-order valence-electron chi connectivity index (χ0n) is 12.8. The number of hydrogen-bond acceptors (Lipinski definition) is 3. The molecule has 0 amide bonds. The summed E-state index contributed by atoms with van der Waals surface area (Å²) in [5, 5.41) is 3.49. The molecule has 106 valence electrons. The van der Waals surface area contributed by atoms with Gasteiger partial charge in [-0.25, -0.2) is 0 Å². The van der Waals surface area contributed by atoms with Gasteiger partial charge in [-0.05, 0) is 51.4 Å². The summed E-state index contributed by atoms with van der Waals surface area (Å²) in [5.74, 6) is 0.240. The van der Waals surface area contributed by atoms with Gasteiger partial charge < -0.3 is 4.74 Å². The van der Waals surface area contributed by atoms with Gasteiger partial charge in [0.1, 0.15) is 5.54 Å². The lowest BCUT2D eigenvalue weighted by atomic mass is 9.63. The van der Waals surface area contributed by atoms with Crippen LogP contribution in [-0.2, 0) is 9.53 Å². The molecule has 3 nitrogen and oxygen atoms in total. The largest absolute Gasteiger partial charge is 0.465 e. The summed E-state index contributed by atoms with van der Waals surface area (Å²) in [6.45, 7) is 13.3. The first-order chi connectivity index (χ1) is 8.23. The summed E-state index contributed by atoms with van der Waals surface area (Å²) in [6.07, 6.45) is 3.00. The molecule has 0 heterocycles. The van der Waals surface area contributed by atoms with Gasteiger partial charge in [0.05, 0.1) is 6.61 Å². The molecule has 1 saturated carbocycles. The van der Waals surface area contributed by atoms with Gasteiger partial charge in [0.2, 0.25) is 0 Å². The van der Waals surface area contributed by atoms with E-state index in [1.807, 2.05) is 6.92 Å². The summed E-state index contributed by atoms with van der Waals surface area (Å²) in [5.41, 5.74) is -0.159. The maximum absolute atomic E-state index is 12.4. The second-order valence-corrected chi connectivity index (χ2v) is 6.76. The minimum absolute atomic E-state index is 0.0679. The molecule has 0 aliphatic heterocycles. The van der Waals surface area contributed by atoms with Crippen molar-refractivity contribution < 1.29 is 9.53 Å². The van der Waals surface area contributed by atoms with Crippen molar-refractivity contribution in [3.63, 3.8) is 0 Å². The van der Waals surface area contributed by atoms with Crippen molar-refractivity contribution in [2.75, 3.05) is 6.61 Å². The fourth-order valence-electron chi connectivity index (χ4n) is 3.24. The molecule has 0 bridgehead atoms. The molecule has 1 N–H and O–H groups in total. The molecule has 0 aromatic rings. The Balaban J connectivity index is 2.95. The standard InChI is InChI=1S/C15H29NO2/c1-7-18-13(17)15(16-11(2)3)9-8-14(5,6)10-12(15)4/h11-12,16H,7-10H2,1-6H3. The predicted molar refractivity (Wildman–Crippen MR) is 74.4 cm³/mol. The molecule has 0 saturated heterocycles. The number of ether oxygens (including phenoxy) is 1. The van der Waals surface area contributed by atoms with Crippen molar-refractivity contribution in [1.29, 1.82) is 0 Å². The summed E-state index contributed by atoms with van der Waals surface area (Å²) in [7, 11) is 0. The maximum atomic E-state index is 12.4. The highest BCUT2D eigenvalue weighted by Crippen LogP contribution is 2.44. The van der Waals surface area contributed by atoms with Crippen molar-refractivity contribution in [1.82, 2.24) is 5.32 Å². The molecule has 1 rings (SSSR count). The lowest BCUT2D eigenvalue weighted by Crippen LogP contribution is -2.62. The minimum atomic E-state index is -0.486. The van der Waals surface area contributed by atoms with E-state index in [0.717, 1.165) is 19.3 Å². The summed E-state index contributed by atoms with van der Waals surface area (Å²) in [6, 6.07) is 0.290. The van der Waals surface area contributed by atoms with Crippen molar-refractivity contribution in [2.45, 2.75) is 72.4 Å². The molecule has 0 spiro atoms. The molecule has 2 unspecified atom stereocenters. The smallest absolute Gasteiger partial charge is 0.326 e. The topological polar surface area (TPSA) is 38.3 Å². The summed E-state index contributed by atoms with van der Waals surface area (Å²) < 4.78 is 5.32. The normalized spacial score (nSPS) is 31.4. The molecule has 0 aromatic carbocycles. The van der Waals surface area contributed by atoms with Crippen molar-refractivity contribution >= 4 is 5.97 Å². The van der Waals surface area contributed by atoms with Gasteiger partial charge in [-0.2, -0.15) is 0 Å². The van der Waals surface area contributed by atoms with E-state index in [1.165, 1.54) is 0 Å². The van der Waals surface area contributed by atoms with Crippen LogP contribution in [0.3, 0.4) is 0 Å². The number of carbonyl (C=O) groups excluding carboxylic acids is 1. The third-order valence-electron chi connectivity index (χ3n) is 4.08. The summed E-state index contributed by atoms with van der Waals surface area (Å²) >= 11 is 0.